The van der Waals surface area contributed by atoms with Crippen LogP contribution in [0.1, 0.15) is 22.5 Å². The van der Waals surface area contributed by atoms with Gasteiger partial charge in [0.1, 0.15) is 23.5 Å². The number of nitrogens with two attached hydrogens (primary N) is 1. The van der Waals surface area contributed by atoms with E-state index in [0.717, 1.165) is 48.1 Å². The van der Waals surface area contributed by atoms with E-state index in [1.165, 1.54) is 23.8 Å². The minimum Gasteiger partial charge on any atom is -0.454 e. The summed E-state index contributed by atoms with van der Waals surface area (Å²) < 4.78 is 21.0. The van der Waals surface area contributed by atoms with Gasteiger partial charge in [-0.3, -0.25) is 0 Å². The Morgan fingerprint density at radius 1 is 0.707 bits per heavy atom. The minimum absolute atomic E-state index is 0.298. The predicted octanol–water partition coefficient (Wildman–Crippen LogP) is 5.83. The molecule has 13 heteroatoms. The van der Waals surface area contributed by atoms with E-state index in [0.29, 0.717) is 46.8 Å². The first-order chi connectivity index (χ1) is 19.9. The van der Waals surface area contributed by atoms with Gasteiger partial charge in [-0.15, -0.1) is 0 Å². The molecule has 6 rings (SSSR count). The second-order valence-corrected chi connectivity index (χ2v) is 9.89. The van der Waals surface area contributed by atoms with Gasteiger partial charge in [0.05, 0.1) is 16.4 Å². The van der Waals surface area contributed by atoms with Gasteiger partial charge in [0, 0.05) is 6.54 Å². The molecule has 10 nitrogen and oxygen atoms in total. The molecule has 216 valence electrons. The number of aryl methyl sites for hydroxylation is 2. The third-order valence-electron chi connectivity index (χ3n) is 5.90. The average Bonchev–Trinajstić information content (AvgIpc) is 3.64. The molecular weight excluding hydrogens is 591 g/mol. The van der Waals surface area contributed by atoms with E-state index in [4.69, 9.17) is 59.5 Å². The Hall–Kier alpha value is -3.57. The number of fused-ring (bicyclic) bond motifs is 2. The molecule has 0 radical (unpaired) electrons. The van der Waals surface area contributed by atoms with Gasteiger partial charge in [0.15, 0.2) is 28.2 Å². The Bertz CT molecular complexity index is 1460. The van der Waals surface area contributed by atoms with E-state index in [1.54, 1.807) is 6.92 Å². The van der Waals surface area contributed by atoms with Crippen molar-refractivity contribution in [2.75, 3.05) is 32.0 Å². The van der Waals surface area contributed by atoms with Crippen molar-refractivity contribution < 1.29 is 18.9 Å². The second-order valence-electron chi connectivity index (χ2n) is 8.78. The molecule has 0 spiro atoms. The van der Waals surface area contributed by atoms with Crippen LogP contribution in [0.2, 0.25) is 15.2 Å². The van der Waals surface area contributed by atoms with Crippen molar-refractivity contribution in [3.8, 4) is 23.0 Å². The lowest BCUT2D eigenvalue weighted by molar-refractivity contribution is 0.173. The normalized spacial score (nSPS) is 12.1. The van der Waals surface area contributed by atoms with E-state index in [-0.39, 0.29) is 0 Å². The quantitative estimate of drug-likeness (QED) is 0.255. The number of nitrogens with zero attached hydrogens (tertiary/aromatic N) is 4. The number of anilines is 1. The molecule has 4 aromatic rings. The summed E-state index contributed by atoms with van der Waals surface area (Å²) in [5, 5.41) is 4.52. The number of benzene rings is 2. The Morgan fingerprint density at radius 2 is 1.24 bits per heavy atom. The number of hydrogen-bond donors (Lipinski definition) is 2. The van der Waals surface area contributed by atoms with Gasteiger partial charge in [-0.2, -0.15) is 0 Å². The van der Waals surface area contributed by atoms with Crippen LogP contribution in [0.25, 0.3) is 0 Å². The molecule has 41 heavy (non-hydrogen) atoms. The van der Waals surface area contributed by atoms with Crippen LogP contribution >= 0.6 is 34.8 Å². The van der Waals surface area contributed by atoms with Crippen LogP contribution in [-0.4, -0.2) is 46.6 Å². The van der Waals surface area contributed by atoms with Gasteiger partial charge >= 0.3 is 0 Å². The Labute approximate surface area is 253 Å². The van der Waals surface area contributed by atoms with E-state index >= 15 is 0 Å². The number of aromatic nitrogens is 4. The lowest BCUT2D eigenvalue weighted by atomic mass is 10.1. The van der Waals surface area contributed by atoms with Crippen LogP contribution < -0.4 is 30.0 Å². The summed E-state index contributed by atoms with van der Waals surface area (Å²) in [5.74, 6) is 3.94. The number of halogens is 3. The molecule has 0 saturated carbocycles. The summed E-state index contributed by atoms with van der Waals surface area (Å²) in [4.78, 5) is 15.6. The van der Waals surface area contributed by atoms with Crippen molar-refractivity contribution in [1.29, 1.82) is 0 Å². The molecule has 0 aliphatic carbocycles. The van der Waals surface area contributed by atoms with E-state index < -0.39 is 0 Å². The highest BCUT2D eigenvalue weighted by Gasteiger charge is 2.14. The maximum absolute atomic E-state index is 6.13. The molecule has 0 amide bonds. The summed E-state index contributed by atoms with van der Waals surface area (Å²) in [7, 11) is 0. The Kier molecular flexibility index (Phi) is 11.0. The zero-order valence-corrected chi connectivity index (χ0v) is 24.8. The zero-order valence-electron chi connectivity index (χ0n) is 22.5. The first-order valence-electron chi connectivity index (χ1n) is 12.7. The minimum atomic E-state index is 0.298. The van der Waals surface area contributed by atoms with Gasteiger partial charge in [-0.1, -0.05) is 46.9 Å². The van der Waals surface area contributed by atoms with Crippen LogP contribution in [0.3, 0.4) is 0 Å². The fourth-order valence-corrected chi connectivity index (χ4v) is 4.14. The molecule has 3 N–H and O–H groups in total. The largest absolute Gasteiger partial charge is 0.454 e. The summed E-state index contributed by atoms with van der Waals surface area (Å²) in [6, 6.07) is 11.9. The molecule has 0 fully saturated rings. The number of hydrogen-bond acceptors (Lipinski definition) is 10. The van der Waals surface area contributed by atoms with Crippen molar-refractivity contribution >= 4 is 40.6 Å². The predicted molar refractivity (Wildman–Crippen MR) is 159 cm³/mol. The van der Waals surface area contributed by atoms with Crippen LogP contribution in [0.15, 0.2) is 49.1 Å². The molecule has 2 aromatic heterocycles. The summed E-state index contributed by atoms with van der Waals surface area (Å²) >= 11 is 17.3. The van der Waals surface area contributed by atoms with E-state index in [1.807, 2.05) is 43.3 Å². The average molecular weight is 620 g/mol. The first kappa shape index (κ1) is 30.4. The Balaban J connectivity index is 0.000000156. The highest BCUT2D eigenvalue weighted by Crippen LogP contribution is 2.33. The summed E-state index contributed by atoms with van der Waals surface area (Å²) in [6.07, 6.45) is 4.61. The highest BCUT2D eigenvalue weighted by atomic mass is 35.5. The SMILES string of the molecule is Cc1ncnc(Cl)c1Cl.Cc1ncnc(NCCc2ccc3c(c2)OCO3)c1Cl.NCCc1ccc2c(c1)OCO2. The van der Waals surface area contributed by atoms with Gasteiger partial charge in [0.2, 0.25) is 13.6 Å². The molecular formula is C28H29Cl3N6O4. The fraction of sp³-hybridized carbons (Fsp3) is 0.286. The van der Waals surface area contributed by atoms with Gasteiger partial charge in [-0.25, -0.2) is 19.9 Å². The maximum atomic E-state index is 6.13. The van der Waals surface area contributed by atoms with Crippen molar-refractivity contribution in [2.45, 2.75) is 26.7 Å². The molecule has 0 bridgehead atoms. The topological polar surface area (TPSA) is 127 Å². The van der Waals surface area contributed by atoms with Crippen LogP contribution in [0.5, 0.6) is 23.0 Å². The van der Waals surface area contributed by atoms with Crippen molar-refractivity contribution in [3.05, 3.63) is 86.8 Å². The smallest absolute Gasteiger partial charge is 0.231 e. The molecule has 2 aromatic carbocycles. The molecule has 2 aliphatic rings. The van der Waals surface area contributed by atoms with Gasteiger partial charge in [-0.05, 0) is 68.6 Å². The van der Waals surface area contributed by atoms with Crippen molar-refractivity contribution in [1.82, 2.24) is 19.9 Å². The Morgan fingerprint density at radius 3 is 1.80 bits per heavy atom. The zero-order chi connectivity index (χ0) is 29.2. The van der Waals surface area contributed by atoms with Crippen molar-refractivity contribution in [3.63, 3.8) is 0 Å². The number of nitrogens with one attached hydrogen (secondary N) is 1. The highest BCUT2D eigenvalue weighted by molar-refractivity contribution is 6.41. The monoisotopic (exact) mass is 618 g/mol. The third kappa shape index (κ3) is 8.46. The van der Waals surface area contributed by atoms with Gasteiger partial charge < -0.3 is 30.0 Å². The molecule has 2 aliphatic heterocycles. The first-order valence-corrected chi connectivity index (χ1v) is 13.8. The number of rotatable bonds is 6. The lowest BCUT2D eigenvalue weighted by Crippen LogP contribution is -2.07. The van der Waals surface area contributed by atoms with Crippen LogP contribution in [0, 0.1) is 13.8 Å². The molecule has 0 atom stereocenters. The fourth-order valence-electron chi connectivity index (χ4n) is 3.69. The lowest BCUT2D eigenvalue weighted by Gasteiger charge is -2.08. The molecule has 4 heterocycles. The van der Waals surface area contributed by atoms with E-state index in [2.05, 4.69) is 25.3 Å². The second kappa shape index (κ2) is 14.9. The van der Waals surface area contributed by atoms with Crippen LogP contribution in [-0.2, 0) is 12.8 Å². The van der Waals surface area contributed by atoms with Crippen molar-refractivity contribution in [2.24, 2.45) is 5.73 Å². The van der Waals surface area contributed by atoms with Gasteiger partial charge in [0.25, 0.3) is 0 Å². The molecule has 0 unspecified atom stereocenters. The summed E-state index contributed by atoms with van der Waals surface area (Å²) in [6.45, 7) is 5.66. The summed E-state index contributed by atoms with van der Waals surface area (Å²) in [5.41, 5.74) is 9.28. The van der Waals surface area contributed by atoms with Crippen LogP contribution in [0.4, 0.5) is 5.82 Å². The molecule has 0 saturated heterocycles. The number of ether oxygens (including phenoxy) is 4. The van der Waals surface area contributed by atoms with E-state index in [9.17, 15) is 0 Å². The maximum Gasteiger partial charge on any atom is 0.231 e. The standard InChI is InChI=1S/C14H14ClN3O2.C9H11NO2.C5H4Cl2N2/c1-9-13(15)14(18-7-17-9)16-5-4-10-2-3-11-12(6-10)20-8-19-11;10-4-3-7-1-2-8-9(5-7)12-6-11-8;1-3-4(6)5(7)9-2-8-3/h2-3,6-7H,4-5,8H2,1H3,(H,16,17,18);1-2,5H,3-4,6,10H2;2H,1H3. The third-order valence-corrected chi connectivity index (χ3v) is 7.19.